The van der Waals surface area contributed by atoms with Crippen LogP contribution < -0.4 is 5.32 Å². The molecule has 0 aromatic carbocycles. The van der Waals surface area contributed by atoms with Gasteiger partial charge in [-0.05, 0) is 25.2 Å². The molecule has 0 aromatic rings. The molecule has 1 amide bonds. The third-order valence-electron chi connectivity index (χ3n) is 3.34. The van der Waals surface area contributed by atoms with Crippen LogP contribution in [0.2, 0.25) is 0 Å². The molecule has 2 atom stereocenters. The standard InChI is InChI=1S/C11H20N2OS/c1-9-3-2-5-13(6-4-9)11(14)10-7-15-8-12-10/h9-10,12H,2-8H2,1H3. The average Bonchev–Trinajstić information content (AvgIpc) is 2.67. The summed E-state index contributed by atoms with van der Waals surface area (Å²) < 4.78 is 0. The van der Waals surface area contributed by atoms with Crippen molar-refractivity contribution >= 4 is 17.7 Å². The molecule has 2 aliphatic heterocycles. The van der Waals surface area contributed by atoms with Crippen molar-refractivity contribution in [2.24, 2.45) is 5.92 Å². The van der Waals surface area contributed by atoms with Crippen molar-refractivity contribution in [1.82, 2.24) is 10.2 Å². The van der Waals surface area contributed by atoms with Crippen molar-refractivity contribution in [3.05, 3.63) is 0 Å². The Morgan fingerprint density at radius 1 is 1.40 bits per heavy atom. The predicted octanol–water partition coefficient (Wildman–Crippen LogP) is 1.30. The van der Waals surface area contributed by atoms with Crippen molar-refractivity contribution < 1.29 is 4.79 Å². The highest BCUT2D eigenvalue weighted by Gasteiger charge is 2.28. The van der Waals surface area contributed by atoms with Crippen LogP contribution in [0, 0.1) is 5.92 Å². The van der Waals surface area contributed by atoms with Crippen LogP contribution in [-0.4, -0.2) is 41.6 Å². The van der Waals surface area contributed by atoms with E-state index >= 15 is 0 Å². The first-order chi connectivity index (χ1) is 7.27. The van der Waals surface area contributed by atoms with Gasteiger partial charge in [0.2, 0.25) is 5.91 Å². The van der Waals surface area contributed by atoms with Gasteiger partial charge < -0.3 is 4.90 Å². The molecule has 2 saturated heterocycles. The maximum Gasteiger partial charge on any atom is 0.240 e. The average molecular weight is 228 g/mol. The number of likely N-dealkylation sites (tertiary alicyclic amines) is 1. The Morgan fingerprint density at radius 3 is 3.00 bits per heavy atom. The van der Waals surface area contributed by atoms with Gasteiger partial charge in [-0.1, -0.05) is 6.92 Å². The number of carbonyl (C=O) groups is 1. The van der Waals surface area contributed by atoms with Crippen LogP contribution in [0.1, 0.15) is 26.2 Å². The molecule has 86 valence electrons. The van der Waals surface area contributed by atoms with Gasteiger partial charge in [-0.3, -0.25) is 10.1 Å². The Kier molecular flexibility index (Phi) is 3.92. The molecular formula is C11H20N2OS. The third kappa shape index (κ3) is 2.88. The minimum Gasteiger partial charge on any atom is -0.341 e. The quantitative estimate of drug-likeness (QED) is 0.734. The van der Waals surface area contributed by atoms with Crippen LogP contribution in [0.3, 0.4) is 0 Å². The molecule has 15 heavy (non-hydrogen) atoms. The van der Waals surface area contributed by atoms with E-state index in [4.69, 9.17) is 0 Å². The van der Waals surface area contributed by atoms with E-state index in [2.05, 4.69) is 17.1 Å². The highest BCUT2D eigenvalue weighted by molar-refractivity contribution is 7.99. The molecule has 2 fully saturated rings. The summed E-state index contributed by atoms with van der Waals surface area (Å²) in [6.45, 7) is 4.21. The first-order valence-electron chi connectivity index (χ1n) is 5.87. The number of thioether (sulfide) groups is 1. The maximum atomic E-state index is 12.1. The number of hydrogen-bond acceptors (Lipinski definition) is 3. The van der Waals surface area contributed by atoms with Crippen molar-refractivity contribution in [3.63, 3.8) is 0 Å². The Labute approximate surface area is 96.0 Å². The molecule has 3 nitrogen and oxygen atoms in total. The number of rotatable bonds is 1. The Bertz CT molecular complexity index is 229. The van der Waals surface area contributed by atoms with Crippen molar-refractivity contribution in [2.45, 2.75) is 32.2 Å². The molecule has 2 heterocycles. The smallest absolute Gasteiger partial charge is 0.240 e. The lowest BCUT2D eigenvalue weighted by atomic mass is 10.0. The lowest BCUT2D eigenvalue weighted by Gasteiger charge is -2.23. The van der Waals surface area contributed by atoms with E-state index in [-0.39, 0.29) is 6.04 Å². The summed E-state index contributed by atoms with van der Waals surface area (Å²) in [5.41, 5.74) is 0. The van der Waals surface area contributed by atoms with Crippen molar-refractivity contribution in [2.75, 3.05) is 24.7 Å². The van der Waals surface area contributed by atoms with Crippen LogP contribution in [0.5, 0.6) is 0 Å². The molecule has 2 rings (SSSR count). The third-order valence-corrected chi connectivity index (χ3v) is 4.28. The lowest BCUT2D eigenvalue weighted by molar-refractivity contribution is -0.132. The first kappa shape index (κ1) is 11.3. The SMILES string of the molecule is CC1CCCN(C(=O)C2CSCN2)CC1. The molecule has 0 spiro atoms. The second kappa shape index (κ2) is 5.21. The number of hydrogen-bond donors (Lipinski definition) is 1. The summed E-state index contributed by atoms with van der Waals surface area (Å²) in [7, 11) is 0. The van der Waals surface area contributed by atoms with Gasteiger partial charge in [0, 0.05) is 24.7 Å². The van der Waals surface area contributed by atoms with E-state index in [0.29, 0.717) is 5.91 Å². The molecule has 0 bridgehead atoms. The van der Waals surface area contributed by atoms with Crippen LogP contribution >= 0.6 is 11.8 Å². The highest BCUT2D eigenvalue weighted by atomic mass is 32.2. The van der Waals surface area contributed by atoms with Crippen LogP contribution in [0.25, 0.3) is 0 Å². The maximum absolute atomic E-state index is 12.1. The van der Waals surface area contributed by atoms with Gasteiger partial charge in [-0.2, -0.15) is 0 Å². The molecule has 0 aliphatic carbocycles. The molecule has 2 aliphatic rings. The molecule has 4 heteroatoms. The summed E-state index contributed by atoms with van der Waals surface area (Å²) in [6.07, 6.45) is 3.62. The van der Waals surface area contributed by atoms with Gasteiger partial charge in [0.25, 0.3) is 0 Å². The Morgan fingerprint density at radius 2 is 2.27 bits per heavy atom. The van der Waals surface area contributed by atoms with E-state index in [0.717, 1.165) is 30.6 Å². The van der Waals surface area contributed by atoms with Crippen LogP contribution in [0.4, 0.5) is 0 Å². The molecule has 0 radical (unpaired) electrons. The highest BCUT2D eigenvalue weighted by Crippen LogP contribution is 2.19. The molecular weight excluding hydrogens is 208 g/mol. The van der Waals surface area contributed by atoms with Crippen LogP contribution in [-0.2, 0) is 4.79 Å². The number of carbonyl (C=O) groups excluding carboxylic acids is 1. The fourth-order valence-electron chi connectivity index (χ4n) is 2.26. The molecule has 0 aromatic heterocycles. The predicted molar refractivity (Wildman–Crippen MR) is 63.8 cm³/mol. The monoisotopic (exact) mass is 228 g/mol. The summed E-state index contributed by atoms with van der Waals surface area (Å²) in [4.78, 5) is 14.2. The van der Waals surface area contributed by atoms with E-state index in [1.54, 1.807) is 0 Å². The fraction of sp³-hybridized carbons (Fsp3) is 0.909. The van der Waals surface area contributed by atoms with Crippen LogP contribution in [0.15, 0.2) is 0 Å². The molecule has 2 unspecified atom stereocenters. The summed E-state index contributed by atoms with van der Waals surface area (Å²) in [5.74, 6) is 2.99. The minimum absolute atomic E-state index is 0.0865. The zero-order valence-corrected chi connectivity index (χ0v) is 10.2. The number of nitrogens with zero attached hydrogens (tertiary/aromatic N) is 1. The lowest BCUT2D eigenvalue weighted by Crippen LogP contribution is -2.45. The van der Waals surface area contributed by atoms with E-state index in [1.165, 1.54) is 19.3 Å². The second-order valence-corrected chi connectivity index (χ2v) is 5.66. The van der Waals surface area contributed by atoms with Gasteiger partial charge in [0.15, 0.2) is 0 Å². The van der Waals surface area contributed by atoms with E-state index in [9.17, 15) is 4.79 Å². The number of nitrogens with one attached hydrogen (secondary N) is 1. The normalized spacial score (nSPS) is 32.7. The topological polar surface area (TPSA) is 32.3 Å². The zero-order chi connectivity index (χ0) is 10.7. The first-order valence-corrected chi connectivity index (χ1v) is 7.03. The van der Waals surface area contributed by atoms with Gasteiger partial charge in [0.1, 0.15) is 0 Å². The minimum atomic E-state index is 0.0865. The van der Waals surface area contributed by atoms with E-state index < -0.39 is 0 Å². The van der Waals surface area contributed by atoms with E-state index in [1.807, 2.05) is 11.8 Å². The van der Waals surface area contributed by atoms with Gasteiger partial charge in [-0.25, -0.2) is 0 Å². The fourth-order valence-corrected chi connectivity index (χ4v) is 3.19. The van der Waals surface area contributed by atoms with Gasteiger partial charge in [0.05, 0.1) is 6.04 Å². The summed E-state index contributed by atoms with van der Waals surface area (Å²) in [6, 6.07) is 0.0865. The van der Waals surface area contributed by atoms with Crippen molar-refractivity contribution in [3.8, 4) is 0 Å². The summed E-state index contributed by atoms with van der Waals surface area (Å²) in [5, 5.41) is 3.26. The molecule has 1 N–H and O–H groups in total. The van der Waals surface area contributed by atoms with Gasteiger partial charge >= 0.3 is 0 Å². The van der Waals surface area contributed by atoms with Crippen molar-refractivity contribution in [1.29, 1.82) is 0 Å². The number of amides is 1. The Balaban J connectivity index is 1.88. The largest absolute Gasteiger partial charge is 0.341 e. The molecule has 0 saturated carbocycles. The Hall–Kier alpha value is -0.220. The second-order valence-electron chi connectivity index (χ2n) is 4.63. The zero-order valence-electron chi connectivity index (χ0n) is 9.37. The van der Waals surface area contributed by atoms with Gasteiger partial charge in [-0.15, -0.1) is 11.8 Å². The summed E-state index contributed by atoms with van der Waals surface area (Å²) >= 11 is 1.82.